The lowest BCUT2D eigenvalue weighted by atomic mass is 10.0. The highest BCUT2D eigenvalue weighted by molar-refractivity contribution is 7.90. The van der Waals surface area contributed by atoms with Crippen LogP contribution in [0.2, 0.25) is 0 Å². The molecule has 0 bridgehead atoms. The topological polar surface area (TPSA) is 55.4 Å². The van der Waals surface area contributed by atoms with Crippen LogP contribution in [-0.4, -0.2) is 34.1 Å². The highest BCUT2D eigenvalue weighted by atomic mass is 32.2. The van der Waals surface area contributed by atoms with E-state index in [9.17, 15) is 8.42 Å². The molecule has 0 radical (unpaired) electrons. The maximum absolute atomic E-state index is 11.2. The number of ether oxygens (including phenoxy) is 1. The predicted molar refractivity (Wildman–Crippen MR) is 73.7 cm³/mol. The molecule has 1 aromatic carbocycles. The molecule has 0 aliphatic rings. The van der Waals surface area contributed by atoms with Gasteiger partial charge in [0, 0.05) is 12.3 Å². The Bertz CT molecular complexity index is 454. The van der Waals surface area contributed by atoms with Crippen molar-refractivity contribution in [2.24, 2.45) is 0 Å². The number of sulfone groups is 1. The third-order valence-corrected chi connectivity index (χ3v) is 3.72. The van der Waals surface area contributed by atoms with E-state index in [4.69, 9.17) is 4.74 Å². The number of nitrogens with one attached hydrogen (secondary N) is 1. The van der Waals surface area contributed by atoms with Crippen LogP contribution in [0.3, 0.4) is 0 Å². The first-order chi connectivity index (χ1) is 8.46. The van der Waals surface area contributed by atoms with Crippen LogP contribution in [-0.2, 0) is 9.84 Å². The van der Waals surface area contributed by atoms with Crippen LogP contribution >= 0.6 is 0 Å². The molecule has 1 rings (SSSR count). The zero-order valence-electron chi connectivity index (χ0n) is 11.1. The first kappa shape index (κ1) is 15.0. The highest BCUT2D eigenvalue weighted by Gasteiger charge is 2.13. The molecule has 1 atom stereocenters. The Kier molecular flexibility index (Phi) is 5.62. The van der Waals surface area contributed by atoms with Gasteiger partial charge >= 0.3 is 0 Å². The Labute approximate surface area is 109 Å². The van der Waals surface area contributed by atoms with Crippen molar-refractivity contribution >= 4 is 9.84 Å². The van der Waals surface area contributed by atoms with Crippen molar-refractivity contribution in [2.75, 3.05) is 25.7 Å². The lowest BCUT2D eigenvalue weighted by Gasteiger charge is -2.18. The number of hydrogen-bond acceptors (Lipinski definition) is 4. The molecular formula is C13H21NO3S. The lowest BCUT2D eigenvalue weighted by molar-refractivity contribution is 0.414. The average Bonchev–Trinajstić information content (AvgIpc) is 2.33. The van der Waals surface area contributed by atoms with Crippen molar-refractivity contribution in [3.8, 4) is 5.75 Å². The molecule has 1 unspecified atom stereocenters. The smallest absolute Gasteiger partial charge is 0.147 e. The van der Waals surface area contributed by atoms with E-state index in [1.807, 2.05) is 31.2 Å². The molecule has 0 aromatic heterocycles. The van der Waals surface area contributed by atoms with Gasteiger partial charge in [-0.3, -0.25) is 0 Å². The molecule has 0 aliphatic carbocycles. The molecule has 0 spiro atoms. The van der Waals surface area contributed by atoms with Gasteiger partial charge in [0.1, 0.15) is 15.6 Å². The summed E-state index contributed by atoms with van der Waals surface area (Å²) >= 11 is 0. The second-order valence-corrected chi connectivity index (χ2v) is 6.56. The summed E-state index contributed by atoms with van der Waals surface area (Å²) in [7, 11) is -1.30. The van der Waals surface area contributed by atoms with Crippen LogP contribution in [0.25, 0.3) is 0 Å². The first-order valence-corrected chi connectivity index (χ1v) is 8.07. The van der Waals surface area contributed by atoms with Crippen molar-refractivity contribution in [3.63, 3.8) is 0 Å². The van der Waals surface area contributed by atoms with Crippen molar-refractivity contribution in [3.05, 3.63) is 29.8 Å². The summed E-state index contributed by atoms with van der Waals surface area (Å²) in [5.41, 5.74) is 1.08. The van der Waals surface area contributed by atoms with E-state index < -0.39 is 9.84 Å². The van der Waals surface area contributed by atoms with Gasteiger partial charge < -0.3 is 10.1 Å². The van der Waals surface area contributed by atoms with Crippen LogP contribution in [0.15, 0.2) is 24.3 Å². The van der Waals surface area contributed by atoms with Crippen LogP contribution in [0.4, 0.5) is 0 Å². The minimum Gasteiger partial charge on any atom is -0.497 e. The number of methoxy groups -OCH3 is 1. The Hall–Kier alpha value is -1.07. The third-order valence-electron chi connectivity index (χ3n) is 2.75. The average molecular weight is 271 g/mol. The van der Waals surface area contributed by atoms with Crippen molar-refractivity contribution in [1.82, 2.24) is 5.32 Å². The molecular weight excluding hydrogens is 250 g/mol. The normalized spacial score (nSPS) is 13.3. The number of benzene rings is 1. The van der Waals surface area contributed by atoms with E-state index in [1.54, 1.807) is 7.11 Å². The largest absolute Gasteiger partial charge is 0.497 e. The molecule has 0 aliphatic heterocycles. The van der Waals surface area contributed by atoms with Gasteiger partial charge in [0.2, 0.25) is 0 Å². The van der Waals surface area contributed by atoms with E-state index in [0.29, 0.717) is 6.42 Å². The molecule has 102 valence electrons. The zero-order chi connectivity index (χ0) is 13.6. The van der Waals surface area contributed by atoms with Gasteiger partial charge in [-0.25, -0.2) is 8.42 Å². The van der Waals surface area contributed by atoms with Gasteiger partial charge in [-0.15, -0.1) is 0 Å². The van der Waals surface area contributed by atoms with E-state index in [0.717, 1.165) is 17.9 Å². The van der Waals surface area contributed by atoms with Gasteiger partial charge in [-0.1, -0.05) is 19.1 Å². The summed E-state index contributed by atoms with van der Waals surface area (Å²) in [6.07, 6.45) is 1.85. The Morgan fingerprint density at radius 2 is 1.89 bits per heavy atom. The van der Waals surface area contributed by atoms with Gasteiger partial charge in [-0.05, 0) is 30.7 Å². The minimum atomic E-state index is -2.92. The Morgan fingerprint density at radius 3 is 2.33 bits per heavy atom. The Morgan fingerprint density at radius 1 is 1.28 bits per heavy atom. The number of rotatable bonds is 7. The van der Waals surface area contributed by atoms with Crippen molar-refractivity contribution in [2.45, 2.75) is 19.4 Å². The van der Waals surface area contributed by atoms with Crippen LogP contribution in [0.1, 0.15) is 24.9 Å². The molecule has 1 N–H and O–H groups in total. The summed E-state index contributed by atoms with van der Waals surface area (Å²) in [6, 6.07) is 7.78. The molecule has 5 heteroatoms. The molecule has 0 amide bonds. The van der Waals surface area contributed by atoms with Crippen molar-refractivity contribution in [1.29, 1.82) is 0 Å². The summed E-state index contributed by atoms with van der Waals surface area (Å²) < 4.78 is 27.6. The van der Waals surface area contributed by atoms with Crippen molar-refractivity contribution < 1.29 is 13.2 Å². The fraction of sp³-hybridized carbons (Fsp3) is 0.538. The minimum absolute atomic E-state index is 0.0654. The number of hydrogen-bond donors (Lipinski definition) is 1. The van der Waals surface area contributed by atoms with Gasteiger partial charge in [0.25, 0.3) is 0 Å². The SMILES string of the molecule is CCNC(CCS(C)(=O)=O)c1ccc(OC)cc1. The molecule has 4 nitrogen and oxygen atoms in total. The molecule has 0 saturated heterocycles. The quantitative estimate of drug-likeness (QED) is 0.821. The van der Waals surface area contributed by atoms with Gasteiger partial charge in [0.05, 0.1) is 12.9 Å². The zero-order valence-corrected chi connectivity index (χ0v) is 12.0. The van der Waals surface area contributed by atoms with Crippen LogP contribution in [0.5, 0.6) is 5.75 Å². The summed E-state index contributed by atoms with van der Waals surface area (Å²) in [4.78, 5) is 0. The molecule has 0 fully saturated rings. The summed E-state index contributed by atoms with van der Waals surface area (Å²) in [5, 5.41) is 3.30. The predicted octanol–water partition coefficient (Wildman–Crippen LogP) is 1.78. The fourth-order valence-corrected chi connectivity index (χ4v) is 2.46. The third kappa shape index (κ3) is 5.06. The van der Waals surface area contributed by atoms with E-state index in [2.05, 4.69) is 5.32 Å². The molecule has 0 heterocycles. The van der Waals surface area contributed by atoms with Crippen LogP contribution in [0, 0.1) is 0 Å². The molecule has 18 heavy (non-hydrogen) atoms. The van der Waals surface area contributed by atoms with Gasteiger partial charge in [0.15, 0.2) is 0 Å². The summed E-state index contributed by atoms with van der Waals surface area (Å²) in [6.45, 7) is 2.82. The second-order valence-electron chi connectivity index (χ2n) is 4.30. The second kappa shape index (κ2) is 6.75. The van der Waals surface area contributed by atoms with Crippen LogP contribution < -0.4 is 10.1 Å². The van der Waals surface area contributed by atoms with E-state index in [-0.39, 0.29) is 11.8 Å². The first-order valence-electron chi connectivity index (χ1n) is 6.01. The van der Waals surface area contributed by atoms with Gasteiger partial charge in [-0.2, -0.15) is 0 Å². The standard InChI is InChI=1S/C13H21NO3S/c1-4-14-13(9-10-18(3,15)16)11-5-7-12(17-2)8-6-11/h5-8,13-14H,4,9-10H2,1-3H3. The Balaban J connectivity index is 2.76. The monoisotopic (exact) mass is 271 g/mol. The maximum Gasteiger partial charge on any atom is 0.147 e. The summed E-state index contributed by atoms with van der Waals surface area (Å²) in [5.74, 6) is 0.994. The highest BCUT2D eigenvalue weighted by Crippen LogP contribution is 2.20. The van der Waals surface area contributed by atoms with E-state index >= 15 is 0 Å². The molecule has 0 saturated carbocycles. The maximum atomic E-state index is 11.2. The van der Waals surface area contributed by atoms with E-state index in [1.165, 1.54) is 6.26 Å². The fourth-order valence-electron chi connectivity index (χ4n) is 1.80. The lowest BCUT2D eigenvalue weighted by Crippen LogP contribution is -2.23. The molecule has 1 aromatic rings.